The number of hydrogen-bond donors (Lipinski definition) is 0. The maximum absolute atomic E-state index is 13.1. The van der Waals surface area contributed by atoms with Gasteiger partial charge in [0.25, 0.3) is 11.6 Å². The summed E-state index contributed by atoms with van der Waals surface area (Å²) in [6, 6.07) is 10.3. The van der Waals surface area contributed by atoms with Crippen LogP contribution in [-0.2, 0) is 17.1 Å². The van der Waals surface area contributed by atoms with E-state index < -0.39 is 20.9 Å². The number of piperidine rings is 1. The van der Waals surface area contributed by atoms with Crippen molar-refractivity contribution in [2.45, 2.75) is 43.5 Å². The Kier molecular flexibility index (Phi) is 6.46. The summed E-state index contributed by atoms with van der Waals surface area (Å²) in [6.07, 6.45) is 3.51. The summed E-state index contributed by atoms with van der Waals surface area (Å²) < 4.78 is 30.2. The SMILES string of the molecule is CC[C@@H]1CCCCN1S(=O)(=O)c1ccc(C(=O)N=c2sc3cc([N+](=O)[O-])ccc3n2C)cc1. The second-order valence-corrected chi connectivity index (χ2v) is 10.9. The first kappa shape index (κ1) is 23.3. The average Bonchev–Trinajstić information content (AvgIpc) is 3.13. The van der Waals surface area contributed by atoms with Gasteiger partial charge in [0.05, 0.1) is 20.0 Å². The normalized spacial score (nSPS) is 18.0. The Morgan fingerprint density at radius 2 is 1.94 bits per heavy atom. The van der Waals surface area contributed by atoms with Gasteiger partial charge in [-0.1, -0.05) is 24.7 Å². The number of benzene rings is 2. The molecule has 1 atom stereocenters. The zero-order chi connectivity index (χ0) is 23.8. The molecule has 1 aliphatic rings. The number of carbonyl (C=O) groups excluding carboxylic acids is 1. The third kappa shape index (κ3) is 4.48. The van der Waals surface area contributed by atoms with Crippen molar-refractivity contribution >= 4 is 43.2 Å². The van der Waals surface area contributed by atoms with Crippen LogP contribution >= 0.6 is 11.3 Å². The van der Waals surface area contributed by atoms with Crippen LogP contribution in [0.5, 0.6) is 0 Å². The molecule has 2 heterocycles. The lowest BCUT2D eigenvalue weighted by Gasteiger charge is -2.34. The summed E-state index contributed by atoms with van der Waals surface area (Å²) in [5.74, 6) is -0.514. The summed E-state index contributed by atoms with van der Waals surface area (Å²) in [7, 11) is -1.89. The van der Waals surface area contributed by atoms with Gasteiger partial charge in [0.1, 0.15) is 0 Å². The van der Waals surface area contributed by atoms with Crippen LogP contribution in [0, 0.1) is 10.1 Å². The minimum atomic E-state index is -3.63. The Bertz CT molecular complexity index is 1390. The van der Waals surface area contributed by atoms with E-state index >= 15 is 0 Å². The number of sulfonamides is 1. The van der Waals surface area contributed by atoms with Crippen molar-refractivity contribution in [3.63, 3.8) is 0 Å². The van der Waals surface area contributed by atoms with Crippen LogP contribution in [0.4, 0.5) is 5.69 Å². The average molecular weight is 489 g/mol. The molecule has 0 spiro atoms. The van der Waals surface area contributed by atoms with Gasteiger partial charge in [-0.05, 0) is 49.6 Å². The van der Waals surface area contributed by atoms with Gasteiger partial charge in [-0.2, -0.15) is 9.30 Å². The van der Waals surface area contributed by atoms with Gasteiger partial charge in [0, 0.05) is 37.3 Å². The molecular formula is C22H24N4O5S2. The lowest BCUT2D eigenvalue weighted by Crippen LogP contribution is -2.43. The van der Waals surface area contributed by atoms with Crippen LogP contribution in [0.25, 0.3) is 10.2 Å². The molecule has 1 fully saturated rings. The van der Waals surface area contributed by atoms with E-state index in [-0.39, 0.29) is 22.2 Å². The minimum Gasteiger partial charge on any atom is -0.319 e. The van der Waals surface area contributed by atoms with E-state index in [2.05, 4.69) is 4.99 Å². The van der Waals surface area contributed by atoms with Crippen molar-refractivity contribution in [3.05, 3.63) is 62.9 Å². The van der Waals surface area contributed by atoms with Crippen LogP contribution in [0.15, 0.2) is 52.4 Å². The fraction of sp³-hybridized carbons (Fsp3) is 0.364. The molecule has 9 nitrogen and oxygen atoms in total. The highest BCUT2D eigenvalue weighted by atomic mass is 32.2. The van der Waals surface area contributed by atoms with E-state index in [1.54, 1.807) is 22.0 Å². The minimum absolute atomic E-state index is 0.00356. The van der Waals surface area contributed by atoms with E-state index in [0.29, 0.717) is 16.0 Å². The predicted octanol–water partition coefficient (Wildman–Crippen LogP) is 3.84. The molecule has 0 unspecified atom stereocenters. The predicted molar refractivity (Wildman–Crippen MR) is 126 cm³/mol. The number of rotatable bonds is 5. The number of non-ortho nitro benzene ring substituents is 1. The Balaban J connectivity index is 1.62. The topological polar surface area (TPSA) is 115 Å². The zero-order valence-electron chi connectivity index (χ0n) is 18.3. The Morgan fingerprint density at radius 3 is 2.61 bits per heavy atom. The first-order valence-electron chi connectivity index (χ1n) is 10.7. The molecule has 0 bridgehead atoms. The van der Waals surface area contributed by atoms with Gasteiger partial charge in [-0.15, -0.1) is 0 Å². The molecular weight excluding hydrogens is 464 g/mol. The van der Waals surface area contributed by atoms with Crippen LogP contribution < -0.4 is 4.80 Å². The molecule has 4 rings (SSSR count). The molecule has 2 aromatic carbocycles. The van der Waals surface area contributed by atoms with Crippen molar-refractivity contribution in [1.29, 1.82) is 0 Å². The summed E-state index contributed by atoms with van der Waals surface area (Å²) in [4.78, 5) is 28.0. The van der Waals surface area contributed by atoms with E-state index in [9.17, 15) is 23.3 Å². The van der Waals surface area contributed by atoms with E-state index in [4.69, 9.17) is 0 Å². The van der Waals surface area contributed by atoms with Gasteiger partial charge < -0.3 is 4.57 Å². The molecule has 1 amide bonds. The molecule has 1 saturated heterocycles. The number of fused-ring (bicyclic) bond motifs is 1. The van der Waals surface area contributed by atoms with Crippen LogP contribution in [0.2, 0.25) is 0 Å². The van der Waals surface area contributed by atoms with Crippen molar-refractivity contribution in [2.24, 2.45) is 12.0 Å². The highest BCUT2D eigenvalue weighted by Gasteiger charge is 2.32. The Morgan fingerprint density at radius 1 is 1.21 bits per heavy atom. The molecule has 3 aromatic rings. The van der Waals surface area contributed by atoms with Gasteiger partial charge in [0.15, 0.2) is 4.80 Å². The molecule has 174 valence electrons. The molecule has 0 aliphatic carbocycles. The molecule has 0 N–H and O–H groups in total. The van der Waals surface area contributed by atoms with E-state index in [0.717, 1.165) is 31.2 Å². The van der Waals surface area contributed by atoms with Gasteiger partial charge in [-0.3, -0.25) is 14.9 Å². The van der Waals surface area contributed by atoms with Gasteiger partial charge >= 0.3 is 0 Å². The number of carbonyl (C=O) groups is 1. The largest absolute Gasteiger partial charge is 0.319 e. The van der Waals surface area contributed by atoms with Crippen molar-refractivity contribution in [2.75, 3.05) is 6.54 Å². The quantitative estimate of drug-likeness (QED) is 0.400. The number of hydrogen-bond acceptors (Lipinski definition) is 6. The highest BCUT2D eigenvalue weighted by molar-refractivity contribution is 7.89. The maximum atomic E-state index is 13.1. The van der Waals surface area contributed by atoms with Gasteiger partial charge in [0.2, 0.25) is 10.0 Å². The number of aromatic nitrogens is 1. The summed E-state index contributed by atoms with van der Waals surface area (Å²) in [6.45, 7) is 2.51. The number of nitro benzene ring substituents is 1. The lowest BCUT2D eigenvalue weighted by atomic mass is 10.0. The number of amides is 1. The van der Waals surface area contributed by atoms with E-state index in [1.807, 2.05) is 6.92 Å². The molecule has 33 heavy (non-hydrogen) atoms. The van der Waals surface area contributed by atoms with Crippen LogP contribution in [-0.4, -0.2) is 40.7 Å². The standard InChI is InChI=1S/C22H24N4O5S2/c1-3-16-6-4-5-13-25(16)33(30,31)18-10-7-15(8-11-18)21(27)23-22-24(2)19-12-9-17(26(28)29)14-20(19)32-22/h7-12,14,16H,3-6,13H2,1-2H3/t16-/m1/s1. The second kappa shape index (κ2) is 9.16. The highest BCUT2D eigenvalue weighted by Crippen LogP contribution is 2.27. The first-order chi connectivity index (χ1) is 15.7. The molecule has 11 heteroatoms. The molecule has 1 aliphatic heterocycles. The van der Waals surface area contributed by atoms with Crippen molar-refractivity contribution in [3.8, 4) is 0 Å². The number of nitro groups is 1. The fourth-order valence-electron chi connectivity index (χ4n) is 4.10. The van der Waals surface area contributed by atoms with Crippen LogP contribution in [0.3, 0.4) is 0 Å². The third-order valence-corrected chi connectivity index (χ3v) is 9.01. The summed E-state index contributed by atoms with van der Waals surface area (Å²) in [5.41, 5.74) is 0.965. The smallest absolute Gasteiger partial charge is 0.279 e. The molecule has 0 radical (unpaired) electrons. The third-order valence-electron chi connectivity index (χ3n) is 5.95. The van der Waals surface area contributed by atoms with Crippen molar-refractivity contribution < 1.29 is 18.1 Å². The second-order valence-electron chi connectivity index (χ2n) is 7.97. The summed E-state index contributed by atoms with van der Waals surface area (Å²) in [5, 5.41) is 11.0. The van der Waals surface area contributed by atoms with Gasteiger partial charge in [-0.25, -0.2) is 8.42 Å². The Labute approximate surface area is 195 Å². The lowest BCUT2D eigenvalue weighted by molar-refractivity contribution is -0.384. The van der Waals surface area contributed by atoms with E-state index in [1.165, 1.54) is 47.7 Å². The Hall–Kier alpha value is -2.89. The van der Waals surface area contributed by atoms with Crippen molar-refractivity contribution in [1.82, 2.24) is 8.87 Å². The number of aryl methyl sites for hydroxylation is 1. The number of nitrogens with zero attached hydrogens (tertiary/aromatic N) is 4. The first-order valence-corrected chi connectivity index (χ1v) is 12.9. The monoisotopic (exact) mass is 488 g/mol. The maximum Gasteiger partial charge on any atom is 0.279 e. The molecule has 1 aromatic heterocycles. The number of thiazole rings is 1. The fourth-order valence-corrected chi connectivity index (χ4v) is 6.91. The molecule has 0 saturated carbocycles. The van der Waals surface area contributed by atoms with Crippen LogP contribution in [0.1, 0.15) is 43.0 Å². The zero-order valence-corrected chi connectivity index (χ0v) is 19.9. The summed E-state index contributed by atoms with van der Waals surface area (Å²) >= 11 is 1.18.